The second-order valence-corrected chi connectivity index (χ2v) is 9.12. The van der Waals surface area contributed by atoms with Gasteiger partial charge in [0.25, 0.3) is 10.0 Å². The first-order valence-corrected chi connectivity index (χ1v) is 10.9. The molecule has 2 aromatic carbocycles. The van der Waals surface area contributed by atoms with Crippen LogP contribution >= 0.6 is 0 Å². The quantitative estimate of drug-likeness (QED) is 0.788. The van der Waals surface area contributed by atoms with Gasteiger partial charge in [0.1, 0.15) is 0 Å². The standard InChI is InChI=1S/C21H28N2O3S/c1-17(2)15-18-5-9-21(10-6-18)27(24,25)22-20-7-3-19(4-8-20)16-23-11-13-26-14-12-23/h3-10,17,22H,11-16H2,1-2H3. The summed E-state index contributed by atoms with van der Waals surface area (Å²) in [7, 11) is -3.58. The molecule has 0 unspecified atom stereocenters. The fourth-order valence-corrected chi connectivity index (χ4v) is 4.24. The molecule has 1 aliphatic heterocycles. The van der Waals surface area contributed by atoms with Crippen LogP contribution in [0.5, 0.6) is 0 Å². The zero-order valence-electron chi connectivity index (χ0n) is 16.0. The first kappa shape index (κ1) is 19.9. The molecule has 1 saturated heterocycles. The fourth-order valence-electron chi connectivity index (χ4n) is 3.19. The predicted molar refractivity (Wildman–Crippen MR) is 108 cm³/mol. The van der Waals surface area contributed by atoms with Crippen LogP contribution in [0.25, 0.3) is 0 Å². The van der Waals surface area contributed by atoms with Gasteiger partial charge in [0.05, 0.1) is 18.1 Å². The number of sulfonamides is 1. The van der Waals surface area contributed by atoms with Gasteiger partial charge in [-0.05, 0) is 47.7 Å². The van der Waals surface area contributed by atoms with Gasteiger partial charge in [0.15, 0.2) is 0 Å². The summed E-state index contributed by atoms with van der Waals surface area (Å²) in [5.74, 6) is 0.543. The van der Waals surface area contributed by atoms with Crippen LogP contribution in [0.1, 0.15) is 25.0 Å². The Bertz CT molecular complexity index is 825. The maximum Gasteiger partial charge on any atom is 0.261 e. The Balaban J connectivity index is 1.63. The van der Waals surface area contributed by atoms with E-state index in [0.29, 0.717) is 11.6 Å². The minimum atomic E-state index is -3.58. The number of benzene rings is 2. The van der Waals surface area contributed by atoms with Crippen LogP contribution in [0.2, 0.25) is 0 Å². The molecule has 0 aromatic heterocycles. The van der Waals surface area contributed by atoms with Crippen LogP contribution in [0, 0.1) is 5.92 Å². The molecule has 1 aliphatic rings. The van der Waals surface area contributed by atoms with Gasteiger partial charge in [-0.25, -0.2) is 8.42 Å². The summed E-state index contributed by atoms with van der Waals surface area (Å²) in [6.45, 7) is 8.56. The Morgan fingerprint density at radius 3 is 2.15 bits per heavy atom. The van der Waals surface area contributed by atoms with Gasteiger partial charge in [-0.3, -0.25) is 9.62 Å². The second kappa shape index (κ2) is 8.87. The van der Waals surface area contributed by atoms with Crippen molar-refractivity contribution in [3.05, 3.63) is 59.7 Å². The van der Waals surface area contributed by atoms with Crippen molar-refractivity contribution in [2.24, 2.45) is 5.92 Å². The molecule has 0 spiro atoms. The van der Waals surface area contributed by atoms with Gasteiger partial charge < -0.3 is 4.74 Å². The van der Waals surface area contributed by atoms with E-state index in [0.717, 1.165) is 50.4 Å². The van der Waals surface area contributed by atoms with Crippen molar-refractivity contribution in [2.75, 3.05) is 31.0 Å². The summed E-state index contributed by atoms with van der Waals surface area (Å²) in [4.78, 5) is 2.62. The maximum absolute atomic E-state index is 12.6. The molecule has 146 valence electrons. The van der Waals surface area contributed by atoms with Crippen LogP contribution in [0.4, 0.5) is 5.69 Å². The van der Waals surface area contributed by atoms with E-state index in [1.807, 2.05) is 36.4 Å². The number of anilines is 1. The Labute approximate surface area is 162 Å². The molecule has 0 atom stereocenters. The van der Waals surface area contributed by atoms with Gasteiger partial charge in [-0.15, -0.1) is 0 Å². The number of morpholine rings is 1. The average Bonchev–Trinajstić information content (AvgIpc) is 2.64. The summed E-state index contributed by atoms with van der Waals surface area (Å²) >= 11 is 0. The van der Waals surface area contributed by atoms with Crippen LogP contribution in [0.15, 0.2) is 53.4 Å². The minimum Gasteiger partial charge on any atom is -0.379 e. The summed E-state index contributed by atoms with van der Waals surface area (Å²) in [6, 6.07) is 14.7. The third-order valence-corrected chi connectivity index (χ3v) is 5.99. The molecule has 5 nitrogen and oxygen atoms in total. The normalized spacial score (nSPS) is 15.8. The Hall–Kier alpha value is -1.89. The van der Waals surface area contributed by atoms with E-state index in [-0.39, 0.29) is 4.90 Å². The first-order chi connectivity index (χ1) is 12.9. The van der Waals surface area contributed by atoms with Gasteiger partial charge in [-0.2, -0.15) is 0 Å². The number of nitrogens with one attached hydrogen (secondary N) is 1. The van der Waals surface area contributed by atoms with Gasteiger partial charge in [0, 0.05) is 25.3 Å². The highest BCUT2D eigenvalue weighted by Gasteiger charge is 2.15. The number of ether oxygens (including phenoxy) is 1. The lowest BCUT2D eigenvalue weighted by molar-refractivity contribution is 0.0342. The van der Waals surface area contributed by atoms with Crippen molar-refractivity contribution in [1.82, 2.24) is 4.90 Å². The minimum absolute atomic E-state index is 0.285. The van der Waals surface area contributed by atoms with Crippen LogP contribution in [0.3, 0.4) is 0 Å². The van der Waals surface area contributed by atoms with Crippen LogP contribution in [-0.4, -0.2) is 39.6 Å². The number of hydrogen-bond donors (Lipinski definition) is 1. The Kier molecular flexibility index (Phi) is 6.52. The topological polar surface area (TPSA) is 58.6 Å². The lowest BCUT2D eigenvalue weighted by atomic mass is 10.0. The van der Waals surface area contributed by atoms with Gasteiger partial charge in [0.2, 0.25) is 0 Å². The van der Waals surface area contributed by atoms with E-state index in [2.05, 4.69) is 23.5 Å². The van der Waals surface area contributed by atoms with Crippen molar-refractivity contribution < 1.29 is 13.2 Å². The van der Waals surface area contributed by atoms with Crippen molar-refractivity contribution >= 4 is 15.7 Å². The predicted octanol–water partition coefficient (Wildman–Crippen LogP) is 3.52. The average molecular weight is 389 g/mol. The van der Waals surface area contributed by atoms with Gasteiger partial charge >= 0.3 is 0 Å². The highest BCUT2D eigenvalue weighted by atomic mass is 32.2. The van der Waals surface area contributed by atoms with E-state index in [1.165, 1.54) is 0 Å². The van der Waals surface area contributed by atoms with Crippen molar-refractivity contribution in [1.29, 1.82) is 0 Å². The monoisotopic (exact) mass is 388 g/mol. The molecule has 27 heavy (non-hydrogen) atoms. The molecule has 0 bridgehead atoms. The Morgan fingerprint density at radius 2 is 1.56 bits per heavy atom. The summed E-state index contributed by atoms with van der Waals surface area (Å²) < 4.78 is 33.2. The highest BCUT2D eigenvalue weighted by Crippen LogP contribution is 2.19. The van der Waals surface area contributed by atoms with Gasteiger partial charge in [-0.1, -0.05) is 38.1 Å². The Morgan fingerprint density at radius 1 is 0.963 bits per heavy atom. The van der Waals surface area contributed by atoms with Crippen molar-refractivity contribution in [3.63, 3.8) is 0 Å². The smallest absolute Gasteiger partial charge is 0.261 e. The molecular weight excluding hydrogens is 360 g/mol. The number of hydrogen-bond acceptors (Lipinski definition) is 4. The van der Waals surface area contributed by atoms with Crippen LogP contribution in [-0.2, 0) is 27.7 Å². The summed E-state index contributed by atoms with van der Waals surface area (Å²) in [5.41, 5.74) is 2.89. The molecular formula is C21H28N2O3S. The van der Waals surface area contributed by atoms with E-state index in [1.54, 1.807) is 12.1 Å². The molecule has 1 N–H and O–H groups in total. The third kappa shape index (κ3) is 5.79. The lowest BCUT2D eigenvalue weighted by Crippen LogP contribution is -2.35. The maximum atomic E-state index is 12.6. The lowest BCUT2D eigenvalue weighted by Gasteiger charge is -2.26. The molecule has 0 aliphatic carbocycles. The second-order valence-electron chi connectivity index (χ2n) is 7.43. The van der Waals surface area contributed by atoms with Crippen molar-refractivity contribution in [3.8, 4) is 0 Å². The SMILES string of the molecule is CC(C)Cc1ccc(S(=O)(=O)Nc2ccc(CN3CCOCC3)cc2)cc1. The van der Waals surface area contributed by atoms with Crippen molar-refractivity contribution in [2.45, 2.75) is 31.7 Å². The summed E-state index contributed by atoms with van der Waals surface area (Å²) in [6.07, 6.45) is 0.943. The van der Waals surface area contributed by atoms with Crippen LogP contribution < -0.4 is 4.72 Å². The molecule has 0 amide bonds. The molecule has 6 heteroatoms. The number of nitrogens with zero attached hydrogens (tertiary/aromatic N) is 1. The third-order valence-electron chi connectivity index (χ3n) is 4.59. The molecule has 0 saturated carbocycles. The fraction of sp³-hybridized carbons (Fsp3) is 0.429. The molecule has 2 aromatic rings. The number of rotatable bonds is 7. The zero-order valence-corrected chi connectivity index (χ0v) is 16.8. The first-order valence-electron chi connectivity index (χ1n) is 9.43. The molecule has 1 heterocycles. The highest BCUT2D eigenvalue weighted by molar-refractivity contribution is 7.92. The zero-order chi connectivity index (χ0) is 19.3. The largest absolute Gasteiger partial charge is 0.379 e. The summed E-state index contributed by atoms with van der Waals surface area (Å²) in [5, 5.41) is 0. The molecule has 1 fully saturated rings. The van der Waals surface area contributed by atoms with E-state index >= 15 is 0 Å². The molecule has 0 radical (unpaired) electrons. The van der Waals surface area contributed by atoms with E-state index in [9.17, 15) is 8.42 Å². The van der Waals surface area contributed by atoms with E-state index in [4.69, 9.17) is 4.74 Å². The van der Waals surface area contributed by atoms with E-state index < -0.39 is 10.0 Å². The molecule has 3 rings (SSSR count).